The molecule has 2 rings (SSSR count). The molecule has 136 valence electrons. The molecule has 0 bridgehead atoms. The average molecular weight is 337 g/mol. The first-order valence-electron chi connectivity index (χ1n) is 8.61. The Morgan fingerprint density at radius 1 is 1.17 bits per heavy atom. The zero-order chi connectivity index (χ0) is 17.9. The molecule has 5 nitrogen and oxygen atoms in total. The number of hydrogen-bond donors (Lipinski definition) is 1. The van der Waals surface area contributed by atoms with Crippen LogP contribution in [-0.2, 0) is 0 Å². The summed E-state index contributed by atoms with van der Waals surface area (Å²) in [4.78, 5) is 2.30. The van der Waals surface area contributed by atoms with E-state index in [1.807, 2.05) is 12.1 Å². The molecule has 1 saturated heterocycles. The van der Waals surface area contributed by atoms with Gasteiger partial charge in [0.1, 0.15) is 17.2 Å². The molecule has 3 unspecified atom stereocenters. The van der Waals surface area contributed by atoms with Crippen molar-refractivity contribution >= 4 is 0 Å². The molecule has 0 saturated carbocycles. The van der Waals surface area contributed by atoms with Crippen molar-refractivity contribution in [2.45, 2.75) is 38.1 Å². The minimum Gasteiger partial charge on any atom is -0.496 e. The molecule has 0 radical (unpaired) electrons. The van der Waals surface area contributed by atoms with Crippen LogP contribution in [0.2, 0.25) is 0 Å². The third-order valence-corrected chi connectivity index (χ3v) is 6.00. The number of rotatable bonds is 6. The molecule has 24 heavy (non-hydrogen) atoms. The smallest absolute Gasteiger partial charge is 0.129 e. The topological polar surface area (TPSA) is 51.2 Å². The van der Waals surface area contributed by atoms with Gasteiger partial charge in [-0.3, -0.25) is 4.90 Å². The van der Waals surface area contributed by atoms with Gasteiger partial charge in [0.15, 0.2) is 0 Å². The lowest BCUT2D eigenvalue weighted by atomic mass is 9.67. The second-order valence-electron chi connectivity index (χ2n) is 6.67. The second-order valence-corrected chi connectivity index (χ2v) is 6.67. The van der Waals surface area contributed by atoms with Crippen LogP contribution in [0.25, 0.3) is 0 Å². The van der Waals surface area contributed by atoms with E-state index in [1.54, 1.807) is 21.3 Å². The highest BCUT2D eigenvalue weighted by Gasteiger charge is 2.46. The summed E-state index contributed by atoms with van der Waals surface area (Å²) in [5, 5.41) is 10.2. The Labute approximate surface area is 145 Å². The number of methoxy groups -OCH3 is 3. The number of piperidine rings is 1. The van der Waals surface area contributed by atoms with E-state index in [1.165, 1.54) is 0 Å². The molecule has 3 atom stereocenters. The van der Waals surface area contributed by atoms with Gasteiger partial charge in [0.25, 0.3) is 0 Å². The zero-order valence-corrected chi connectivity index (χ0v) is 15.8. The fourth-order valence-electron chi connectivity index (χ4n) is 4.29. The summed E-state index contributed by atoms with van der Waals surface area (Å²) in [6.07, 6.45) is 1.90. The van der Waals surface area contributed by atoms with Crippen LogP contribution in [-0.4, -0.2) is 57.1 Å². The van der Waals surface area contributed by atoms with Crippen LogP contribution < -0.4 is 14.2 Å². The quantitative estimate of drug-likeness (QED) is 0.865. The standard InChI is InChI=1S/C19H31NO4/c1-7-19(12-21)13(2)15(8-9-20(19)3)18-16(23-5)10-14(22-4)11-17(18)24-6/h10-11,13,15,21H,7-9,12H2,1-6H3. The van der Waals surface area contributed by atoms with Crippen molar-refractivity contribution < 1.29 is 19.3 Å². The van der Waals surface area contributed by atoms with Gasteiger partial charge < -0.3 is 19.3 Å². The van der Waals surface area contributed by atoms with E-state index < -0.39 is 0 Å². The third kappa shape index (κ3) is 2.95. The van der Waals surface area contributed by atoms with E-state index >= 15 is 0 Å². The predicted molar refractivity (Wildman–Crippen MR) is 95.4 cm³/mol. The summed E-state index contributed by atoms with van der Waals surface area (Å²) in [5.74, 6) is 2.81. The Kier molecular flexibility index (Phi) is 5.99. The zero-order valence-electron chi connectivity index (χ0n) is 15.8. The van der Waals surface area contributed by atoms with Crippen LogP contribution in [0.15, 0.2) is 12.1 Å². The Balaban J connectivity index is 2.54. The van der Waals surface area contributed by atoms with E-state index in [2.05, 4.69) is 25.8 Å². The van der Waals surface area contributed by atoms with Crippen LogP contribution in [0.5, 0.6) is 17.2 Å². The van der Waals surface area contributed by atoms with Gasteiger partial charge in [-0.2, -0.15) is 0 Å². The highest BCUT2D eigenvalue weighted by Crippen LogP contribution is 2.50. The van der Waals surface area contributed by atoms with Crippen molar-refractivity contribution in [3.8, 4) is 17.2 Å². The Morgan fingerprint density at radius 3 is 2.17 bits per heavy atom. The maximum atomic E-state index is 10.2. The maximum absolute atomic E-state index is 10.2. The summed E-state index contributed by atoms with van der Waals surface area (Å²) in [7, 11) is 7.10. The Hall–Kier alpha value is -1.46. The summed E-state index contributed by atoms with van der Waals surface area (Å²) in [6.45, 7) is 5.46. The van der Waals surface area contributed by atoms with Crippen molar-refractivity contribution in [3.05, 3.63) is 17.7 Å². The molecule has 0 aliphatic carbocycles. The van der Waals surface area contributed by atoms with Gasteiger partial charge in [0.05, 0.1) is 27.9 Å². The fourth-order valence-corrected chi connectivity index (χ4v) is 4.29. The maximum Gasteiger partial charge on any atom is 0.129 e. The number of aliphatic hydroxyl groups excluding tert-OH is 1. The lowest BCUT2D eigenvalue weighted by molar-refractivity contribution is -0.0365. The van der Waals surface area contributed by atoms with E-state index in [0.29, 0.717) is 0 Å². The van der Waals surface area contributed by atoms with Crippen LogP contribution in [0.3, 0.4) is 0 Å². The molecule has 1 aromatic carbocycles. The lowest BCUT2D eigenvalue weighted by Gasteiger charge is -2.52. The number of hydrogen-bond acceptors (Lipinski definition) is 5. The minimum absolute atomic E-state index is 0.151. The first kappa shape index (κ1) is 18.9. The number of benzene rings is 1. The third-order valence-electron chi connectivity index (χ3n) is 6.00. The number of ether oxygens (including phenoxy) is 3. The Bertz CT molecular complexity index is 531. The molecule has 1 aromatic rings. The lowest BCUT2D eigenvalue weighted by Crippen LogP contribution is -2.59. The van der Waals surface area contributed by atoms with Gasteiger partial charge in [-0.15, -0.1) is 0 Å². The monoisotopic (exact) mass is 337 g/mol. The largest absolute Gasteiger partial charge is 0.496 e. The molecule has 0 amide bonds. The van der Waals surface area contributed by atoms with E-state index in [4.69, 9.17) is 14.2 Å². The highest BCUT2D eigenvalue weighted by atomic mass is 16.5. The molecule has 1 aliphatic rings. The number of likely N-dealkylation sites (tertiary alicyclic amines) is 1. The normalized spacial score (nSPS) is 27.8. The number of aliphatic hydroxyl groups is 1. The van der Waals surface area contributed by atoms with Crippen molar-refractivity contribution in [2.75, 3.05) is 41.5 Å². The first-order valence-corrected chi connectivity index (χ1v) is 8.61. The SMILES string of the molecule is CCC1(CO)C(C)C(c2c(OC)cc(OC)cc2OC)CCN1C. The van der Waals surface area contributed by atoms with Gasteiger partial charge in [-0.1, -0.05) is 13.8 Å². The van der Waals surface area contributed by atoms with Crippen molar-refractivity contribution in [1.29, 1.82) is 0 Å². The molecule has 1 aliphatic heterocycles. The fraction of sp³-hybridized carbons (Fsp3) is 0.684. The summed E-state index contributed by atoms with van der Waals surface area (Å²) in [6, 6.07) is 3.82. The summed E-state index contributed by atoms with van der Waals surface area (Å²) < 4.78 is 16.7. The number of nitrogens with zero attached hydrogens (tertiary/aromatic N) is 1. The predicted octanol–water partition coefficient (Wildman–Crippen LogP) is 2.91. The molecular formula is C19H31NO4. The first-order chi connectivity index (χ1) is 11.5. The van der Waals surface area contributed by atoms with Crippen LogP contribution in [0, 0.1) is 5.92 Å². The summed E-state index contributed by atoms with van der Waals surface area (Å²) >= 11 is 0. The van der Waals surface area contributed by atoms with Crippen molar-refractivity contribution in [3.63, 3.8) is 0 Å². The molecule has 0 aromatic heterocycles. The van der Waals surface area contributed by atoms with E-state index in [9.17, 15) is 5.11 Å². The molecule has 5 heteroatoms. The second kappa shape index (κ2) is 7.62. The Morgan fingerprint density at radius 2 is 1.75 bits per heavy atom. The van der Waals surface area contributed by atoms with Crippen molar-refractivity contribution in [2.24, 2.45) is 5.92 Å². The van der Waals surface area contributed by atoms with Crippen LogP contribution in [0.4, 0.5) is 0 Å². The van der Waals surface area contributed by atoms with Gasteiger partial charge in [0, 0.05) is 23.2 Å². The van der Waals surface area contributed by atoms with Crippen molar-refractivity contribution in [1.82, 2.24) is 4.90 Å². The molecule has 0 spiro atoms. The molecule has 1 N–H and O–H groups in total. The minimum atomic E-state index is -0.223. The molecule has 1 heterocycles. The number of likely N-dealkylation sites (N-methyl/N-ethyl adjacent to an activating group) is 1. The average Bonchev–Trinajstić information content (AvgIpc) is 2.62. The van der Waals surface area contributed by atoms with Gasteiger partial charge in [-0.05, 0) is 38.3 Å². The molecular weight excluding hydrogens is 306 g/mol. The van der Waals surface area contributed by atoms with E-state index in [0.717, 1.165) is 42.2 Å². The van der Waals surface area contributed by atoms with Crippen LogP contribution >= 0.6 is 0 Å². The van der Waals surface area contributed by atoms with E-state index in [-0.39, 0.29) is 24.0 Å². The van der Waals surface area contributed by atoms with Gasteiger partial charge in [-0.25, -0.2) is 0 Å². The van der Waals surface area contributed by atoms with Gasteiger partial charge in [0.2, 0.25) is 0 Å². The molecule has 1 fully saturated rings. The highest BCUT2D eigenvalue weighted by molar-refractivity contribution is 5.53. The van der Waals surface area contributed by atoms with Crippen LogP contribution in [0.1, 0.15) is 38.2 Å². The summed E-state index contributed by atoms with van der Waals surface area (Å²) in [5.41, 5.74) is 0.853. The van der Waals surface area contributed by atoms with Gasteiger partial charge >= 0.3 is 0 Å².